The van der Waals surface area contributed by atoms with Gasteiger partial charge in [0.05, 0.1) is 24.9 Å². The highest BCUT2D eigenvalue weighted by molar-refractivity contribution is 5.68. The van der Waals surface area contributed by atoms with Crippen LogP contribution in [0.1, 0.15) is 104 Å². The average Bonchev–Trinajstić information content (AvgIpc) is 3.13. The van der Waals surface area contributed by atoms with Crippen molar-refractivity contribution in [2.75, 3.05) is 19.7 Å². The molecule has 6 atom stereocenters. The second-order valence-corrected chi connectivity index (χ2v) is 15.8. The molecule has 1 amide bonds. The summed E-state index contributed by atoms with van der Waals surface area (Å²) in [5.74, 6) is 3.38. The Bertz CT molecular complexity index is 1040. The monoisotopic (exact) mass is 537 g/mol. The highest BCUT2D eigenvalue weighted by Gasteiger charge is 2.63. The highest BCUT2D eigenvalue weighted by Crippen LogP contribution is 2.66. The van der Waals surface area contributed by atoms with Crippen LogP contribution < -0.4 is 0 Å². The van der Waals surface area contributed by atoms with E-state index in [-0.39, 0.29) is 28.4 Å². The lowest BCUT2D eigenvalue weighted by atomic mass is 9.49. The summed E-state index contributed by atoms with van der Waals surface area (Å²) in [5.41, 5.74) is 2.19. The van der Waals surface area contributed by atoms with Gasteiger partial charge in [0.25, 0.3) is 0 Å². The third-order valence-corrected chi connectivity index (χ3v) is 13.5. The molecule has 0 spiro atoms. The number of ether oxygens (including phenoxy) is 1. The van der Waals surface area contributed by atoms with E-state index in [0.29, 0.717) is 25.0 Å². The lowest BCUT2D eigenvalue weighted by molar-refractivity contribution is -0.114. The number of carbonyl (C=O) groups excluding carboxylic acids is 1. The Hall–Kier alpha value is -1.33. The number of aliphatic hydroxyl groups excluding tert-OH is 1. The maximum atomic E-state index is 13.5. The van der Waals surface area contributed by atoms with Gasteiger partial charge in [0.2, 0.25) is 0 Å². The number of allylic oxidation sites excluding steroid dienone is 3. The van der Waals surface area contributed by atoms with Crippen molar-refractivity contribution >= 4 is 6.09 Å². The molecular formula is C34H51NO4. The van der Waals surface area contributed by atoms with Gasteiger partial charge < -0.3 is 19.8 Å². The van der Waals surface area contributed by atoms with Gasteiger partial charge in [-0.3, -0.25) is 0 Å². The van der Waals surface area contributed by atoms with Gasteiger partial charge in [0.15, 0.2) is 0 Å². The Morgan fingerprint density at radius 1 is 0.949 bits per heavy atom. The third kappa shape index (κ3) is 4.02. The number of nitrogens with zero attached hydrogens (tertiary/aromatic N) is 1. The van der Waals surface area contributed by atoms with Crippen LogP contribution in [-0.4, -0.2) is 52.6 Å². The quantitative estimate of drug-likeness (QED) is 0.413. The van der Waals surface area contributed by atoms with Crippen molar-refractivity contribution in [1.82, 2.24) is 4.90 Å². The Kier molecular flexibility index (Phi) is 6.19. The molecule has 0 heterocycles. The number of carbonyl (C=O) groups is 1. The van der Waals surface area contributed by atoms with Crippen molar-refractivity contribution in [3.05, 3.63) is 23.3 Å². The summed E-state index contributed by atoms with van der Waals surface area (Å²) in [6.07, 6.45) is 18.8. The minimum atomic E-state index is -0.897. The molecule has 0 aromatic carbocycles. The Labute approximate surface area is 235 Å². The van der Waals surface area contributed by atoms with E-state index >= 15 is 0 Å². The van der Waals surface area contributed by atoms with E-state index in [4.69, 9.17) is 4.74 Å². The fraction of sp³-hybridized carbons (Fsp3) is 0.853. The van der Waals surface area contributed by atoms with Crippen LogP contribution in [0.4, 0.5) is 4.79 Å². The molecule has 7 saturated carbocycles. The molecule has 5 heteroatoms. The number of rotatable bonds is 5. The zero-order chi connectivity index (χ0) is 27.2. The summed E-state index contributed by atoms with van der Waals surface area (Å²) in [6.45, 7) is 8.19. The number of aliphatic hydroxyl groups is 2. The van der Waals surface area contributed by atoms with Crippen LogP contribution in [0.5, 0.6) is 0 Å². The van der Waals surface area contributed by atoms with E-state index < -0.39 is 5.60 Å². The second kappa shape index (κ2) is 9.08. The Morgan fingerprint density at radius 3 is 2.28 bits per heavy atom. The lowest BCUT2D eigenvalue weighted by Crippen LogP contribution is -2.59. The SMILES string of the molecule is CCOC(=O)N(CC12CC3CC(CC(C3)C1)C2)CC1(O)CCC2C3=CC=C4CC(O)CCC4(C)C3CCC21C. The Balaban J connectivity index is 1.15. The van der Waals surface area contributed by atoms with Gasteiger partial charge >= 0.3 is 6.09 Å². The summed E-state index contributed by atoms with van der Waals surface area (Å²) in [4.78, 5) is 15.4. The molecular weight excluding hydrogens is 486 g/mol. The first-order valence-corrected chi connectivity index (χ1v) is 16.3. The second-order valence-electron chi connectivity index (χ2n) is 15.8. The summed E-state index contributed by atoms with van der Waals surface area (Å²) < 4.78 is 5.65. The van der Waals surface area contributed by atoms with Crippen LogP contribution in [0.15, 0.2) is 23.3 Å². The standard InChI is InChI=1S/C34H51NO4/c1-4-39-30(37)35(20-33-17-22-13-23(18-33)15-24(14-22)19-33)21-34(38)12-9-29-27-6-5-25-16-26(36)7-10-31(25,2)28(27)8-11-32(29,34)3/h5-6,22-24,26,28-29,36,38H,4,7-21H2,1-3H3. The van der Waals surface area contributed by atoms with Crippen LogP contribution in [0.2, 0.25) is 0 Å². The predicted molar refractivity (Wildman–Crippen MR) is 152 cm³/mol. The number of hydrogen-bond acceptors (Lipinski definition) is 4. The molecule has 8 aliphatic rings. The smallest absolute Gasteiger partial charge is 0.409 e. The zero-order valence-corrected chi connectivity index (χ0v) is 24.6. The van der Waals surface area contributed by atoms with Crippen molar-refractivity contribution in [2.45, 2.75) is 116 Å². The van der Waals surface area contributed by atoms with Gasteiger partial charge in [0, 0.05) is 12.0 Å². The van der Waals surface area contributed by atoms with Crippen molar-refractivity contribution in [3.63, 3.8) is 0 Å². The number of hydrogen-bond donors (Lipinski definition) is 2. The van der Waals surface area contributed by atoms with Gasteiger partial charge in [0.1, 0.15) is 0 Å². The molecule has 5 nitrogen and oxygen atoms in total. The van der Waals surface area contributed by atoms with Gasteiger partial charge in [-0.2, -0.15) is 0 Å². The number of amides is 1. The molecule has 0 radical (unpaired) electrons. The topological polar surface area (TPSA) is 70.0 Å². The molecule has 7 fully saturated rings. The first kappa shape index (κ1) is 26.6. The molecule has 8 aliphatic carbocycles. The van der Waals surface area contributed by atoms with Crippen LogP contribution in [0, 0.1) is 45.8 Å². The molecule has 4 bridgehead atoms. The van der Waals surface area contributed by atoms with Crippen molar-refractivity contribution in [3.8, 4) is 0 Å². The third-order valence-electron chi connectivity index (χ3n) is 13.5. The lowest BCUT2D eigenvalue weighted by Gasteiger charge is -2.58. The Morgan fingerprint density at radius 2 is 1.62 bits per heavy atom. The molecule has 0 aromatic rings. The van der Waals surface area contributed by atoms with Crippen LogP contribution in [-0.2, 0) is 4.74 Å². The summed E-state index contributed by atoms with van der Waals surface area (Å²) in [7, 11) is 0. The van der Waals surface area contributed by atoms with E-state index in [0.717, 1.165) is 69.2 Å². The fourth-order valence-electron chi connectivity index (χ4n) is 12.0. The van der Waals surface area contributed by atoms with E-state index in [9.17, 15) is 15.0 Å². The van der Waals surface area contributed by atoms with E-state index in [1.165, 1.54) is 49.7 Å². The normalized spacial score (nSPS) is 49.5. The summed E-state index contributed by atoms with van der Waals surface area (Å²) >= 11 is 0. The molecule has 39 heavy (non-hydrogen) atoms. The first-order chi connectivity index (χ1) is 18.6. The number of fused-ring (bicyclic) bond motifs is 5. The predicted octanol–water partition coefficient (Wildman–Crippen LogP) is 6.64. The van der Waals surface area contributed by atoms with Crippen LogP contribution in [0.25, 0.3) is 0 Å². The minimum Gasteiger partial charge on any atom is -0.450 e. The molecule has 0 aliphatic heterocycles. The maximum Gasteiger partial charge on any atom is 0.409 e. The molecule has 0 saturated heterocycles. The zero-order valence-electron chi connectivity index (χ0n) is 24.6. The van der Waals surface area contributed by atoms with Gasteiger partial charge in [-0.05, 0) is 131 Å². The van der Waals surface area contributed by atoms with E-state index in [1.807, 2.05) is 11.8 Å². The molecule has 6 unspecified atom stereocenters. The summed E-state index contributed by atoms with van der Waals surface area (Å²) in [6, 6.07) is 0. The van der Waals surface area contributed by atoms with Gasteiger partial charge in [-0.1, -0.05) is 37.1 Å². The van der Waals surface area contributed by atoms with E-state index in [1.54, 1.807) is 0 Å². The molecule has 0 aromatic heterocycles. The fourth-order valence-corrected chi connectivity index (χ4v) is 12.0. The minimum absolute atomic E-state index is 0.140. The van der Waals surface area contributed by atoms with Crippen LogP contribution >= 0.6 is 0 Å². The molecule has 216 valence electrons. The van der Waals surface area contributed by atoms with Crippen molar-refractivity contribution in [1.29, 1.82) is 0 Å². The molecule has 2 N–H and O–H groups in total. The summed E-state index contributed by atoms with van der Waals surface area (Å²) in [5, 5.41) is 22.9. The molecule has 8 rings (SSSR count). The van der Waals surface area contributed by atoms with E-state index in [2.05, 4.69) is 26.0 Å². The maximum absolute atomic E-state index is 13.5. The first-order valence-electron chi connectivity index (χ1n) is 16.3. The van der Waals surface area contributed by atoms with Crippen molar-refractivity contribution < 1.29 is 19.7 Å². The van der Waals surface area contributed by atoms with Gasteiger partial charge in [-0.15, -0.1) is 0 Å². The highest BCUT2D eigenvalue weighted by atomic mass is 16.6. The largest absolute Gasteiger partial charge is 0.450 e. The van der Waals surface area contributed by atoms with Gasteiger partial charge in [-0.25, -0.2) is 4.79 Å². The van der Waals surface area contributed by atoms with Crippen molar-refractivity contribution in [2.24, 2.45) is 45.8 Å². The van der Waals surface area contributed by atoms with Crippen LogP contribution in [0.3, 0.4) is 0 Å². The average molecular weight is 538 g/mol.